The summed E-state index contributed by atoms with van der Waals surface area (Å²) >= 11 is 0. The molecule has 0 aliphatic rings. The molecule has 0 aliphatic heterocycles. The Morgan fingerprint density at radius 1 is 1.33 bits per heavy atom. The van der Waals surface area contributed by atoms with Gasteiger partial charge in [-0.1, -0.05) is 6.07 Å². The van der Waals surface area contributed by atoms with Crippen molar-refractivity contribution in [1.82, 2.24) is 0 Å². The molecule has 100 valence electrons. The van der Waals surface area contributed by atoms with Gasteiger partial charge in [0.2, 0.25) is 0 Å². The average molecular weight is 251 g/mol. The van der Waals surface area contributed by atoms with Crippen LogP contribution in [0.4, 0.5) is 5.69 Å². The normalized spacial score (nSPS) is 11.4. The predicted octanol–water partition coefficient (Wildman–Crippen LogP) is 2.68. The van der Waals surface area contributed by atoms with Gasteiger partial charge < -0.3 is 15.2 Å². The fourth-order valence-corrected chi connectivity index (χ4v) is 1.51. The Kier molecular flexibility index (Phi) is 4.35. The zero-order valence-electron chi connectivity index (χ0n) is 11.7. The van der Waals surface area contributed by atoms with Gasteiger partial charge in [0.15, 0.2) is 0 Å². The van der Waals surface area contributed by atoms with Crippen LogP contribution in [0, 0.1) is 6.92 Å². The molecule has 0 aromatic heterocycles. The summed E-state index contributed by atoms with van der Waals surface area (Å²) in [5, 5.41) is 0. The van der Waals surface area contributed by atoms with Crippen molar-refractivity contribution in [2.75, 3.05) is 12.8 Å². The summed E-state index contributed by atoms with van der Waals surface area (Å²) in [5.41, 5.74) is 8.43. The van der Waals surface area contributed by atoms with Crippen LogP contribution in [0.25, 0.3) is 0 Å². The molecule has 1 rings (SSSR count). The topological polar surface area (TPSA) is 61.5 Å². The number of ether oxygens (including phenoxy) is 2. The second kappa shape index (κ2) is 5.40. The molecule has 0 saturated heterocycles. The van der Waals surface area contributed by atoms with E-state index in [0.717, 1.165) is 11.1 Å². The molecular weight excluding hydrogens is 230 g/mol. The molecule has 0 radical (unpaired) electrons. The van der Waals surface area contributed by atoms with Gasteiger partial charge in [0.05, 0.1) is 24.9 Å². The quantitative estimate of drug-likeness (QED) is 0.662. The molecule has 4 heteroatoms. The van der Waals surface area contributed by atoms with E-state index in [1.165, 1.54) is 7.11 Å². The minimum atomic E-state index is -0.418. The summed E-state index contributed by atoms with van der Waals surface area (Å²) in [5.74, 6) is -0.418. The number of rotatable bonds is 3. The SMILES string of the molecule is COC(=O)c1ccc(COC(C)(C)C)c(C)c1N. The van der Waals surface area contributed by atoms with E-state index in [-0.39, 0.29) is 5.60 Å². The van der Waals surface area contributed by atoms with Crippen molar-refractivity contribution in [2.24, 2.45) is 0 Å². The number of esters is 1. The molecule has 0 unspecified atom stereocenters. The van der Waals surface area contributed by atoms with Gasteiger partial charge in [-0.25, -0.2) is 4.79 Å². The maximum Gasteiger partial charge on any atom is 0.339 e. The van der Waals surface area contributed by atoms with Crippen molar-refractivity contribution in [3.63, 3.8) is 0 Å². The molecule has 0 saturated carbocycles. The Labute approximate surface area is 108 Å². The molecule has 0 fully saturated rings. The highest BCUT2D eigenvalue weighted by Crippen LogP contribution is 2.23. The van der Waals surface area contributed by atoms with Crippen LogP contribution in [0.15, 0.2) is 12.1 Å². The van der Waals surface area contributed by atoms with E-state index < -0.39 is 5.97 Å². The molecule has 0 spiro atoms. The highest BCUT2D eigenvalue weighted by atomic mass is 16.5. The predicted molar refractivity (Wildman–Crippen MR) is 71.5 cm³/mol. The molecule has 18 heavy (non-hydrogen) atoms. The van der Waals surface area contributed by atoms with Crippen LogP contribution in [0.2, 0.25) is 0 Å². The van der Waals surface area contributed by atoms with Crippen molar-refractivity contribution in [3.05, 3.63) is 28.8 Å². The zero-order chi connectivity index (χ0) is 13.9. The number of hydrogen-bond donors (Lipinski definition) is 1. The van der Waals surface area contributed by atoms with Gasteiger partial charge in [0, 0.05) is 5.69 Å². The fraction of sp³-hybridized carbons (Fsp3) is 0.500. The first-order valence-electron chi connectivity index (χ1n) is 5.86. The standard InChI is InChI=1S/C14H21NO3/c1-9-10(8-18-14(2,3)4)6-7-11(12(9)15)13(16)17-5/h6-7H,8,15H2,1-5H3. The summed E-state index contributed by atoms with van der Waals surface area (Å²) in [7, 11) is 1.34. The smallest absolute Gasteiger partial charge is 0.339 e. The molecule has 4 nitrogen and oxygen atoms in total. The van der Waals surface area contributed by atoms with E-state index in [1.54, 1.807) is 6.07 Å². The second-order valence-corrected chi connectivity index (χ2v) is 5.20. The van der Waals surface area contributed by atoms with E-state index in [1.807, 2.05) is 33.8 Å². The number of nitrogen functional groups attached to an aromatic ring is 1. The first-order valence-corrected chi connectivity index (χ1v) is 5.86. The zero-order valence-corrected chi connectivity index (χ0v) is 11.7. The van der Waals surface area contributed by atoms with E-state index in [9.17, 15) is 4.79 Å². The maximum absolute atomic E-state index is 11.5. The largest absolute Gasteiger partial charge is 0.465 e. The van der Waals surface area contributed by atoms with Crippen LogP contribution in [-0.2, 0) is 16.1 Å². The first kappa shape index (κ1) is 14.5. The number of carbonyl (C=O) groups is 1. The second-order valence-electron chi connectivity index (χ2n) is 5.20. The van der Waals surface area contributed by atoms with Crippen LogP contribution >= 0.6 is 0 Å². The number of nitrogens with two attached hydrogens (primary N) is 1. The fourth-order valence-electron chi connectivity index (χ4n) is 1.51. The minimum absolute atomic E-state index is 0.206. The number of carbonyl (C=O) groups excluding carboxylic acids is 1. The summed E-state index contributed by atoms with van der Waals surface area (Å²) in [4.78, 5) is 11.5. The van der Waals surface area contributed by atoms with Crippen molar-refractivity contribution in [1.29, 1.82) is 0 Å². The third-order valence-corrected chi connectivity index (χ3v) is 2.69. The van der Waals surface area contributed by atoms with Gasteiger partial charge in [-0.3, -0.25) is 0 Å². The first-order chi connectivity index (χ1) is 8.26. The van der Waals surface area contributed by atoms with Crippen LogP contribution in [0.3, 0.4) is 0 Å². The van der Waals surface area contributed by atoms with E-state index >= 15 is 0 Å². The third-order valence-electron chi connectivity index (χ3n) is 2.69. The highest BCUT2D eigenvalue weighted by Gasteiger charge is 2.16. The number of benzene rings is 1. The summed E-state index contributed by atoms with van der Waals surface area (Å²) in [6.45, 7) is 8.33. The van der Waals surface area contributed by atoms with E-state index in [2.05, 4.69) is 4.74 Å². The van der Waals surface area contributed by atoms with Crippen LogP contribution in [-0.4, -0.2) is 18.7 Å². The van der Waals surface area contributed by atoms with Crippen molar-refractivity contribution < 1.29 is 14.3 Å². The van der Waals surface area contributed by atoms with Crippen molar-refractivity contribution >= 4 is 11.7 Å². The lowest BCUT2D eigenvalue weighted by Gasteiger charge is -2.21. The Hall–Kier alpha value is -1.55. The Bertz CT molecular complexity index is 447. The van der Waals surface area contributed by atoms with Gasteiger partial charge in [-0.15, -0.1) is 0 Å². The lowest BCUT2D eigenvalue weighted by molar-refractivity contribution is -0.0151. The molecule has 0 bridgehead atoms. The van der Waals surface area contributed by atoms with Gasteiger partial charge in [-0.2, -0.15) is 0 Å². The van der Waals surface area contributed by atoms with Crippen molar-refractivity contribution in [3.8, 4) is 0 Å². The minimum Gasteiger partial charge on any atom is -0.465 e. The monoisotopic (exact) mass is 251 g/mol. The lowest BCUT2D eigenvalue weighted by Crippen LogP contribution is -2.19. The summed E-state index contributed by atoms with van der Waals surface area (Å²) < 4.78 is 10.4. The van der Waals surface area contributed by atoms with Crippen LogP contribution in [0.5, 0.6) is 0 Å². The molecule has 0 heterocycles. The molecule has 0 atom stereocenters. The molecular formula is C14H21NO3. The third kappa shape index (κ3) is 3.47. The molecule has 0 aliphatic carbocycles. The average Bonchev–Trinajstić information content (AvgIpc) is 2.29. The van der Waals surface area contributed by atoms with Crippen LogP contribution < -0.4 is 5.73 Å². The van der Waals surface area contributed by atoms with Gasteiger partial charge in [0.25, 0.3) is 0 Å². The maximum atomic E-state index is 11.5. The van der Waals surface area contributed by atoms with Gasteiger partial charge in [0.1, 0.15) is 0 Å². The van der Waals surface area contributed by atoms with E-state index in [4.69, 9.17) is 10.5 Å². The molecule has 1 aromatic carbocycles. The number of anilines is 1. The number of methoxy groups -OCH3 is 1. The number of hydrogen-bond acceptors (Lipinski definition) is 4. The summed E-state index contributed by atoms with van der Waals surface area (Å²) in [6.07, 6.45) is 0. The van der Waals surface area contributed by atoms with Crippen LogP contribution in [0.1, 0.15) is 42.3 Å². The van der Waals surface area contributed by atoms with E-state index in [0.29, 0.717) is 17.9 Å². The molecule has 1 aromatic rings. The highest BCUT2D eigenvalue weighted by molar-refractivity contribution is 5.95. The summed E-state index contributed by atoms with van der Waals surface area (Å²) in [6, 6.07) is 3.53. The van der Waals surface area contributed by atoms with Gasteiger partial charge >= 0.3 is 5.97 Å². The Morgan fingerprint density at radius 3 is 2.44 bits per heavy atom. The Morgan fingerprint density at radius 2 is 1.94 bits per heavy atom. The lowest BCUT2D eigenvalue weighted by atomic mass is 10.0. The Balaban J connectivity index is 2.98. The van der Waals surface area contributed by atoms with Crippen molar-refractivity contribution in [2.45, 2.75) is 39.9 Å². The molecule has 0 amide bonds. The van der Waals surface area contributed by atoms with Gasteiger partial charge in [-0.05, 0) is 44.9 Å². The molecule has 2 N–H and O–H groups in total.